The zero-order valence-electron chi connectivity index (χ0n) is 13.5. The molecule has 1 aliphatic heterocycles. The molecule has 0 aliphatic carbocycles. The van der Waals surface area contributed by atoms with Crippen LogP contribution in [-0.2, 0) is 0 Å². The Kier molecular flexibility index (Phi) is 4.12. The van der Waals surface area contributed by atoms with E-state index in [2.05, 4.69) is 15.3 Å². The first-order valence-corrected chi connectivity index (χ1v) is 7.99. The molecule has 9 nitrogen and oxygen atoms in total. The molecule has 3 aromatic rings. The van der Waals surface area contributed by atoms with Gasteiger partial charge in [-0.2, -0.15) is 14.9 Å². The predicted molar refractivity (Wildman–Crippen MR) is 95.0 cm³/mol. The van der Waals surface area contributed by atoms with Gasteiger partial charge in [-0.1, -0.05) is 0 Å². The lowest BCUT2D eigenvalue weighted by Crippen LogP contribution is -1.98. The quantitative estimate of drug-likeness (QED) is 0.319. The van der Waals surface area contributed by atoms with Crippen molar-refractivity contribution in [3.05, 3.63) is 62.7 Å². The first-order chi connectivity index (χ1) is 13.0. The number of H-pyrrole nitrogens is 1. The van der Waals surface area contributed by atoms with Gasteiger partial charge in [0, 0.05) is 5.56 Å². The van der Waals surface area contributed by atoms with Crippen LogP contribution in [0.25, 0.3) is 11.4 Å². The van der Waals surface area contributed by atoms with Crippen molar-refractivity contribution in [3.8, 4) is 22.9 Å². The third kappa shape index (κ3) is 3.15. The highest BCUT2D eigenvalue weighted by molar-refractivity contribution is 7.71. The fraction of sp³-hybridized carbons (Fsp3) is 0.0625. The minimum absolute atomic E-state index is 0.00537. The number of rotatable bonds is 4. The molecule has 0 spiro atoms. The molecule has 136 valence electrons. The second-order valence-corrected chi connectivity index (χ2v) is 5.82. The number of aromatic amines is 1. The highest BCUT2D eigenvalue weighted by atomic mass is 32.1. The first kappa shape index (κ1) is 16.8. The largest absolute Gasteiger partial charge is 0.454 e. The van der Waals surface area contributed by atoms with Gasteiger partial charge in [-0.3, -0.25) is 10.1 Å². The van der Waals surface area contributed by atoms with Crippen LogP contribution in [-0.4, -0.2) is 32.8 Å². The van der Waals surface area contributed by atoms with Crippen LogP contribution in [0.3, 0.4) is 0 Å². The number of nitro groups is 1. The molecule has 0 unspecified atom stereocenters. The fourth-order valence-electron chi connectivity index (χ4n) is 2.51. The SMILES string of the molecule is O=[N+]([O-])c1cc2c(cc1/C=N\n1c(-c3ccc(F)cc3)n[nH]c1=S)OCO2. The zero-order valence-corrected chi connectivity index (χ0v) is 14.3. The summed E-state index contributed by atoms with van der Waals surface area (Å²) < 4.78 is 25.0. The van der Waals surface area contributed by atoms with E-state index in [-0.39, 0.29) is 28.6 Å². The molecule has 0 fully saturated rings. The van der Waals surface area contributed by atoms with E-state index >= 15 is 0 Å². The lowest BCUT2D eigenvalue weighted by Gasteiger charge is -2.02. The van der Waals surface area contributed by atoms with Crippen LogP contribution in [0.4, 0.5) is 10.1 Å². The third-order valence-corrected chi connectivity index (χ3v) is 4.05. The van der Waals surface area contributed by atoms with Gasteiger partial charge in [0.15, 0.2) is 17.3 Å². The number of ether oxygens (including phenoxy) is 2. The Morgan fingerprint density at radius 2 is 2.00 bits per heavy atom. The Morgan fingerprint density at radius 3 is 2.70 bits per heavy atom. The van der Waals surface area contributed by atoms with Crippen LogP contribution in [0.5, 0.6) is 11.5 Å². The van der Waals surface area contributed by atoms with E-state index in [1.807, 2.05) is 0 Å². The van der Waals surface area contributed by atoms with Gasteiger partial charge in [0.2, 0.25) is 11.6 Å². The number of nitrogens with zero attached hydrogens (tertiary/aromatic N) is 4. The van der Waals surface area contributed by atoms with Crippen molar-refractivity contribution in [1.82, 2.24) is 14.9 Å². The fourth-order valence-corrected chi connectivity index (χ4v) is 2.69. The van der Waals surface area contributed by atoms with Crippen LogP contribution in [0.1, 0.15) is 5.56 Å². The van der Waals surface area contributed by atoms with Gasteiger partial charge < -0.3 is 9.47 Å². The van der Waals surface area contributed by atoms with E-state index in [4.69, 9.17) is 21.7 Å². The Hall–Kier alpha value is -3.60. The lowest BCUT2D eigenvalue weighted by molar-refractivity contribution is -0.385. The molecule has 0 saturated heterocycles. The summed E-state index contributed by atoms with van der Waals surface area (Å²) in [6.07, 6.45) is 1.28. The van der Waals surface area contributed by atoms with Crippen LogP contribution >= 0.6 is 12.2 Å². The average Bonchev–Trinajstić information content (AvgIpc) is 3.25. The van der Waals surface area contributed by atoms with E-state index in [0.717, 1.165) is 0 Å². The number of hydrogen-bond acceptors (Lipinski definition) is 7. The Morgan fingerprint density at radius 1 is 1.30 bits per heavy atom. The molecule has 1 aliphatic rings. The summed E-state index contributed by atoms with van der Waals surface area (Å²) >= 11 is 5.16. The molecule has 0 radical (unpaired) electrons. The molecule has 4 rings (SSSR count). The van der Waals surface area contributed by atoms with Gasteiger partial charge in [-0.15, -0.1) is 0 Å². The predicted octanol–water partition coefficient (Wildman–Crippen LogP) is 3.27. The van der Waals surface area contributed by atoms with Crippen molar-refractivity contribution in [2.24, 2.45) is 5.10 Å². The highest BCUT2D eigenvalue weighted by Gasteiger charge is 2.22. The maximum atomic E-state index is 13.1. The minimum Gasteiger partial charge on any atom is -0.454 e. The van der Waals surface area contributed by atoms with Crippen molar-refractivity contribution in [2.45, 2.75) is 0 Å². The highest BCUT2D eigenvalue weighted by Crippen LogP contribution is 2.37. The van der Waals surface area contributed by atoms with Crippen LogP contribution < -0.4 is 9.47 Å². The van der Waals surface area contributed by atoms with Crippen molar-refractivity contribution in [1.29, 1.82) is 0 Å². The molecule has 1 aromatic heterocycles. The summed E-state index contributed by atoms with van der Waals surface area (Å²) in [4.78, 5) is 10.8. The molecule has 2 aromatic carbocycles. The summed E-state index contributed by atoms with van der Waals surface area (Å²) in [7, 11) is 0. The number of fused-ring (bicyclic) bond motifs is 1. The third-order valence-electron chi connectivity index (χ3n) is 3.78. The average molecular weight is 387 g/mol. The van der Waals surface area contributed by atoms with Crippen molar-refractivity contribution in [3.63, 3.8) is 0 Å². The first-order valence-electron chi connectivity index (χ1n) is 7.58. The normalized spacial score (nSPS) is 12.6. The van der Waals surface area contributed by atoms with E-state index in [1.54, 1.807) is 0 Å². The molecule has 0 atom stereocenters. The minimum atomic E-state index is -0.543. The molecule has 11 heteroatoms. The molecular formula is C16H10FN5O4S. The van der Waals surface area contributed by atoms with Crippen molar-refractivity contribution < 1.29 is 18.8 Å². The Labute approximate surface area is 155 Å². The van der Waals surface area contributed by atoms with E-state index in [1.165, 1.54) is 47.3 Å². The van der Waals surface area contributed by atoms with Crippen LogP contribution in [0.2, 0.25) is 0 Å². The number of nitrogens with one attached hydrogen (secondary N) is 1. The van der Waals surface area contributed by atoms with Gasteiger partial charge in [0.25, 0.3) is 5.69 Å². The zero-order chi connectivity index (χ0) is 19.0. The molecular weight excluding hydrogens is 377 g/mol. The molecule has 0 bridgehead atoms. The van der Waals surface area contributed by atoms with Crippen LogP contribution in [0, 0.1) is 20.7 Å². The summed E-state index contributed by atoms with van der Waals surface area (Å²) in [5, 5.41) is 22.2. The molecule has 27 heavy (non-hydrogen) atoms. The maximum Gasteiger partial charge on any atom is 0.282 e. The van der Waals surface area contributed by atoms with Gasteiger partial charge >= 0.3 is 0 Å². The van der Waals surface area contributed by atoms with Gasteiger partial charge in [0.05, 0.1) is 22.8 Å². The number of hydrogen-bond donors (Lipinski definition) is 1. The second kappa shape index (κ2) is 6.61. The standard InChI is InChI=1S/C16H10FN5O4S/c17-11-3-1-9(2-4-11)15-19-20-16(27)21(15)18-7-10-5-13-14(26-8-25-13)6-12(10)22(23)24/h1-7H,8H2,(H,20,27)/b18-7-. The summed E-state index contributed by atoms with van der Waals surface area (Å²) in [6, 6.07) is 8.35. The Bertz CT molecular complexity index is 1120. The smallest absolute Gasteiger partial charge is 0.282 e. The summed E-state index contributed by atoms with van der Waals surface area (Å²) in [5.41, 5.74) is 0.583. The number of halogens is 1. The van der Waals surface area contributed by atoms with Crippen LogP contribution in [0.15, 0.2) is 41.5 Å². The lowest BCUT2D eigenvalue weighted by atomic mass is 10.1. The number of aromatic nitrogens is 3. The van der Waals surface area contributed by atoms with Crippen molar-refractivity contribution >= 4 is 24.1 Å². The molecule has 2 heterocycles. The summed E-state index contributed by atoms with van der Waals surface area (Å²) in [6.45, 7) is -0.00537. The Balaban J connectivity index is 1.76. The van der Waals surface area contributed by atoms with E-state index in [0.29, 0.717) is 22.9 Å². The number of benzene rings is 2. The monoisotopic (exact) mass is 387 g/mol. The van der Waals surface area contributed by atoms with Gasteiger partial charge in [-0.25, -0.2) is 9.49 Å². The maximum absolute atomic E-state index is 13.1. The second-order valence-electron chi connectivity index (χ2n) is 5.44. The van der Waals surface area contributed by atoms with E-state index in [9.17, 15) is 14.5 Å². The van der Waals surface area contributed by atoms with Gasteiger partial charge in [-0.05, 0) is 42.5 Å². The van der Waals surface area contributed by atoms with E-state index < -0.39 is 4.92 Å². The summed E-state index contributed by atoms with van der Waals surface area (Å²) in [5.74, 6) is 0.626. The topological polar surface area (TPSA) is 108 Å². The molecule has 0 amide bonds. The van der Waals surface area contributed by atoms with Crippen molar-refractivity contribution in [2.75, 3.05) is 6.79 Å². The number of nitro benzene ring substituents is 1. The molecule has 0 saturated carbocycles. The molecule has 1 N–H and O–H groups in total. The van der Waals surface area contributed by atoms with Gasteiger partial charge in [0.1, 0.15) is 5.82 Å².